The maximum atomic E-state index is 14.4. The van der Waals surface area contributed by atoms with Crippen LogP contribution in [0.4, 0.5) is 0 Å². The Bertz CT molecular complexity index is 1520. The number of aryl methyl sites for hydroxylation is 1. The molecule has 3 heterocycles. The molecule has 9 heteroatoms. The Balaban J connectivity index is 1.56. The van der Waals surface area contributed by atoms with Gasteiger partial charge in [-0.25, -0.2) is 4.79 Å². The maximum absolute atomic E-state index is 14.4. The van der Waals surface area contributed by atoms with Crippen molar-refractivity contribution in [3.8, 4) is 22.5 Å². The molecule has 1 aliphatic rings. The number of benzene rings is 1. The Labute approximate surface area is 247 Å². The standard InChI is InChI=1S/C33H43N7O2/c1-5-6-10-27-21-40(31-28(22(2)3)11-8-7-9-12-29(31)23(4)41)33(42)39(27)20-26-19-34-18-17-30(26)24-13-15-25(16-14-24)32-35-37-38-36-32/h13-19,21-22,28-29,31H,5-12,20H2,1-4H3,(H,35,36,37,38). The molecule has 1 aliphatic carbocycles. The minimum Gasteiger partial charge on any atom is -0.300 e. The highest BCUT2D eigenvalue weighted by Crippen LogP contribution is 2.40. The van der Waals surface area contributed by atoms with E-state index in [1.165, 1.54) is 0 Å². The monoisotopic (exact) mass is 569 g/mol. The van der Waals surface area contributed by atoms with Gasteiger partial charge in [-0.3, -0.25) is 18.9 Å². The minimum absolute atomic E-state index is 0.0224. The highest BCUT2D eigenvalue weighted by molar-refractivity contribution is 5.79. The number of H-pyrrole nitrogens is 1. The molecule has 1 aromatic carbocycles. The van der Waals surface area contributed by atoms with Gasteiger partial charge in [0.2, 0.25) is 5.82 Å². The number of nitrogens with one attached hydrogen (secondary N) is 1. The quantitative estimate of drug-likeness (QED) is 0.241. The zero-order valence-corrected chi connectivity index (χ0v) is 25.3. The second-order valence-corrected chi connectivity index (χ2v) is 12.1. The molecule has 0 amide bonds. The topological polar surface area (TPSA) is 111 Å². The normalized spacial score (nSPS) is 19.5. The first kappa shape index (κ1) is 29.6. The number of nitrogens with zero attached hydrogens (tertiary/aromatic N) is 6. The number of hydrogen-bond acceptors (Lipinski definition) is 6. The molecular weight excluding hydrogens is 526 g/mol. The number of unbranched alkanes of at least 4 members (excludes halogenated alkanes) is 1. The number of hydrogen-bond donors (Lipinski definition) is 1. The van der Waals surface area contributed by atoms with Crippen LogP contribution in [0.5, 0.6) is 0 Å². The Morgan fingerprint density at radius 1 is 1.07 bits per heavy atom. The van der Waals surface area contributed by atoms with Crippen molar-refractivity contribution in [3.63, 3.8) is 0 Å². The van der Waals surface area contributed by atoms with Gasteiger partial charge in [0, 0.05) is 35.8 Å². The van der Waals surface area contributed by atoms with Gasteiger partial charge in [-0.2, -0.15) is 5.21 Å². The molecule has 3 unspecified atom stereocenters. The Hall–Kier alpha value is -3.88. The summed E-state index contributed by atoms with van der Waals surface area (Å²) in [6, 6.07) is 9.90. The third-order valence-electron chi connectivity index (χ3n) is 9.01. The van der Waals surface area contributed by atoms with Crippen molar-refractivity contribution in [1.29, 1.82) is 0 Å². The van der Waals surface area contributed by atoms with Crippen LogP contribution in [0.15, 0.2) is 53.7 Å². The SMILES string of the molecule is CCCCc1cn(C2C(C(C)=O)CCCCCC2C(C)C)c(=O)n1Cc1cnccc1-c1ccc(-c2nn[nH]n2)cc1. The van der Waals surface area contributed by atoms with Crippen LogP contribution in [0.2, 0.25) is 0 Å². The first-order valence-electron chi connectivity index (χ1n) is 15.5. The van der Waals surface area contributed by atoms with Crippen molar-refractivity contribution in [2.75, 3.05) is 0 Å². The molecule has 3 atom stereocenters. The van der Waals surface area contributed by atoms with Gasteiger partial charge in [0.05, 0.1) is 12.6 Å². The van der Waals surface area contributed by atoms with Crippen molar-refractivity contribution < 1.29 is 4.79 Å². The van der Waals surface area contributed by atoms with Gasteiger partial charge in [-0.1, -0.05) is 70.7 Å². The van der Waals surface area contributed by atoms with Crippen molar-refractivity contribution in [2.24, 2.45) is 17.8 Å². The minimum atomic E-state index is -0.142. The number of rotatable bonds is 10. The third-order valence-corrected chi connectivity index (χ3v) is 9.01. The van der Waals surface area contributed by atoms with Gasteiger partial charge < -0.3 is 0 Å². The summed E-state index contributed by atoms with van der Waals surface area (Å²) < 4.78 is 3.88. The number of carbonyl (C=O) groups excluding carboxylic acids is 1. The Morgan fingerprint density at radius 2 is 1.83 bits per heavy atom. The van der Waals surface area contributed by atoms with E-state index < -0.39 is 0 Å². The number of pyridine rings is 1. The van der Waals surface area contributed by atoms with Crippen LogP contribution in [-0.4, -0.2) is 40.5 Å². The first-order valence-corrected chi connectivity index (χ1v) is 15.5. The lowest BCUT2D eigenvalue weighted by Gasteiger charge is -2.37. The molecule has 1 N–H and O–H groups in total. The van der Waals surface area contributed by atoms with Gasteiger partial charge in [-0.05, 0) is 72.4 Å². The number of aromatic amines is 1. The fourth-order valence-corrected chi connectivity index (χ4v) is 6.71. The number of carbonyl (C=O) groups is 1. The van der Waals surface area contributed by atoms with Gasteiger partial charge in [-0.15, -0.1) is 10.2 Å². The summed E-state index contributed by atoms with van der Waals surface area (Å²) in [5, 5.41) is 14.3. The Kier molecular flexibility index (Phi) is 9.45. The zero-order chi connectivity index (χ0) is 29.6. The summed E-state index contributed by atoms with van der Waals surface area (Å²) in [7, 11) is 0. The summed E-state index contributed by atoms with van der Waals surface area (Å²) in [5.74, 6) is 1.25. The second-order valence-electron chi connectivity index (χ2n) is 12.1. The molecular formula is C33H43N7O2. The van der Waals surface area contributed by atoms with Crippen molar-refractivity contribution in [1.82, 2.24) is 34.7 Å². The van der Waals surface area contributed by atoms with Crippen molar-refractivity contribution >= 4 is 5.78 Å². The molecule has 0 saturated heterocycles. The van der Waals surface area contributed by atoms with Crippen LogP contribution in [-0.2, 0) is 17.8 Å². The fraction of sp³-hybridized carbons (Fsp3) is 0.515. The number of ketones is 1. The molecule has 9 nitrogen and oxygen atoms in total. The van der Waals surface area contributed by atoms with E-state index in [0.29, 0.717) is 18.3 Å². The lowest BCUT2D eigenvalue weighted by molar-refractivity contribution is -0.123. The number of imidazole rings is 1. The molecule has 0 bridgehead atoms. The molecule has 42 heavy (non-hydrogen) atoms. The average molecular weight is 570 g/mol. The van der Waals surface area contributed by atoms with Crippen LogP contribution < -0.4 is 5.69 Å². The molecule has 0 aliphatic heterocycles. The zero-order valence-electron chi connectivity index (χ0n) is 25.3. The van der Waals surface area contributed by atoms with Crippen LogP contribution in [0.3, 0.4) is 0 Å². The number of tetrazole rings is 1. The summed E-state index contributed by atoms with van der Waals surface area (Å²) in [5.41, 5.74) is 4.90. The van der Waals surface area contributed by atoms with E-state index in [9.17, 15) is 9.59 Å². The molecule has 0 spiro atoms. The van der Waals surface area contributed by atoms with E-state index in [2.05, 4.69) is 52.6 Å². The molecule has 1 fully saturated rings. The number of Topliss-reactive ketones (excluding diaryl/α,β-unsaturated/α-hetero) is 1. The van der Waals surface area contributed by atoms with Crippen LogP contribution in [0.1, 0.15) is 89.9 Å². The maximum Gasteiger partial charge on any atom is 0.328 e. The summed E-state index contributed by atoms with van der Waals surface area (Å²) >= 11 is 0. The lowest BCUT2D eigenvalue weighted by atomic mass is 9.73. The average Bonchev–Trinajstić information content (AvgIpc) is 3.61. The van der Waals surface area contributed by atoms with E-state index in [1.807, 2.05) is 45.7 Å². The predicted octanol–water partition coefficient (Wildman–Crippen LogP) is 6.27. The van der Waals surface area contributed by atoms with Gasteiger partial charge >= 0.3 is 5.69 Å². The van der Waals surface area contributed by atoms with Gasteiger partial charge in [0.1, 0.15) is 5.78 Å². The molecule has 5 rings (SSSR count). The van der Waals surface area contributed by atoms with E-state index in [4.69, 9.17) is 0 Å². The third kappa shape index (κ3) is 6.30. The van der Waals surface area contributed by atoms with Gasteiger partial charge in [0.15, 0.2) is 0 Å². The number of aromatic nitrogens is 7. The summed E-state index contributed by atoms with van der Waals surface area (Å²) in [6.07, 6.45) is 13.8. The lowest BCUT2D eigenvalue weighted by Crippen LogP contribution is -2.40. The van der Waals surface area contributed by atoms with E-state index in [-0.39, 0.29) is 29.4 Å². The molecule has 0 radical (unpaired) electrons. The Morgan fingerprint density at radius 3 is 2.52 bits per heavy atom. The molecule has 222 valence electrons. The second kappa shape index (κ2) is 13.4. The highest BCUT2D eigenvalue weighted by atomic mass is 16.2. The van der Waals surface area contributed by atoms with E-state index >= 15 is 0 Å². The van der Waals surface area contributed by atoms with Gasteiger partial charge in [0.25, 0.3) is 0 Å². The van der Waals surface area contributed by atoms with Crippen LogP contribution in [0.25, 0.3) is 22.5 Å². The first-order chi connectivity index (χ1) is 20.4. The predicted molar refractivity (Wildman–Crippen MR) is 164 cm³/mol. The molecule has 3 aromatic heterocycles. The van der Waals surface area contributed by atoms with Crippen LogP contribution >= 0.6 is 0 Å². The highest BCUT2D eigenvalue weighted by Gasteiger charge is 2.37. The summed E-state index contributed by atoms with van der Waals surface area (Å²) in [4.78, 5) is 31.9. The van der Waals surface area contributed by atoms with E-state index in [0.717, 1.165) is 79.3 Å². The largest absolute Gasteiger partial charge is 0.328 e. The fourth-order valence-electron chi connectivity index (χ4n) is 6.71. The van der Waals surface area contributed by atoms with E-state index in [1.54, 1.807) is 13.1 Å². The smallest absolute Gasteiger partial charge is 0.300 e. The summed E-state index contributed by atoms with van der Waals surface area (Å²) in [6.45, 7) is 8.78. The van der Waals surface area contributed by atoms with Crippen molar-refractivity contribution in [2.45, 2.75) is 91.6 Å². The van der Waals surface area contributed by atoms with Crippen LogP contribution in [0, 0.1) is 17.8 Å². The molecule has 4 aromatic rings. The molecule has 1 saturated carbocycles. The van der Waals surface area contributed by atoms with Crippen molar-refractivity contribution in [3.05, 3.63) is 70.7 Å².